The molecule has 0 N–H and O–H groups in total. The van der Waals surface area contributed by atoms with Crippen molar-refractivity contribution in [3.05, 3.63) is 30.6 Å². The Labute approximate surface area is 116 Å². The lowest BCUT2D eigenvalue weighted by atomic mass is 9.96. The van der Waals surface area contributed by atoms with Gasteiger partial charge in [0, 0.05) is 0 Å². The Bertz CT molecular complexity index is 641. The molecule has 11 heteroatoms. The molecule has 1 aromatic carbocycles. The van der Waals surface area contributed by atoms with Gasteiger partial charge in [-0.2, -0.15) is 39.5 Å². The fraction of sp³-hybridized carbons (Fsp3) is 0.364. The van der Waals surface area contributed by atoms with Crippen LogP contribution < -0.4 is 0 Å². The fourth-order valence-electron chi connectivity index (χ4n) is 2.12. The average molecular weight is 336 g/mol. The predicted octanol–water partition coefficient (Wildman–Crippen LogP) is 4.42. The van der Waals surface area contributed by atoms with Gasteiger partial charge in [0.15, 0.2) is 0 Å². The number of hydrogen-bond acceptors (Lipinski definition) is 1. The quantitative estimate of drug-likeness (QED) is 0.705. The number of benzene rings is 1. The van der Waals surface area contributed by atoms with Crippen LogP contribution >= 0.6 is 0 Å². The molecule has 0 bridgehead atoms. The Kier molecular flexibility index (Phi) is 3.38. The molecule has 22 heavy (non-hydrogen) atoms. The molecule has 0 spiro atoms. The minimum atomic E-state index is -6.67. The van der Waals surface area contributed by atoms with Crippen molar-refractivity contribution >= 4 is 11.0 Å². The van der Waals surface area contributed by atoms with Crippen LogP contribution in [0.5, 0.6) is 0 Å². The zero-order valence-electron chi connectivity index (χ0n) is 10.2. The zero-order valence-corrected chi connectivity index (χ0v) is 10.2. The maximum Gasteiger partial charge on any atom is 0.430 e. The van der Waals surface area contributed by atoms with Crippen LogP contribution in [0, 0.1) is 0 Å². The van der Waals surface area contributed by atoms with E-state index in [1.54, 1.807) is 0 Å². The summed E-state index contributed by atoms with van der Waals surface area (Å²) in [6.45, 7) is 0. The van der Waals surface area contributed by atoms with Crippen molar-refractivity contribution < 1.29 is 39.5 Å². The Balaban J connectivity index is 2.97. The van der Waals surface area contributed by atoms with Crippen molar-refractivity contribution in [2.75, 3.05) is 0 Å². The molecule has 0 radical (unpaired) electrons. The molecule has 0 saturated heterocycles. The van der Waals surface area contributed by atoms with E-state index in [0.717, 1.165) is 12.1 Å². The first-order valence-electron chi connectivity index (χ1n) is 5.47. The van der Waals surface area contributed by atoms with Crippen LogP contribution in [0.15, 0.2) is 30.6 Å². The van der Waals surface area contributed by atoms with E-state index in [9.17, 15) is 39.5 Å². The SMILES string of the molecule is FC(F)(F)C(n1cnc2ccccc21)(C(F)(F)F)C(F)(F)F. The molecular formula is C11H5F9N2. The average Bonchev–Trinajstić information content (AvgIpc) is 2.68. The van der Waals surface area contributed by atoms with Gasteiger partial charge < -0.3 is 0 Å². The van der Waals surface area contributed by atoms with Gasteiger partial charge in [0.05, 0.1) is 17.4 Å². The number of para-hydroxylation sites is 2. The third-order valence-corrected chi connectivity index (χ3v) is 3.05. The van der Waals surface area contributed by atoms with E-state index < -0.39 is 39.7 Å². The topological polar surface area (TPSA) is 17.8 Å². The highest BCUT2D eigenvalue weighted by molar-refractivity contribution is 5.75. The second-order valence-corrected chi connectivity index (χ2v) is 4.31. The molecule has 1 heterocycles. The summed E-state index contributed by atoms with van der Waals surface area (Å²) in [5, 5.41) is 0. The molecule has 0 fully saturated rings. The molecule has 0 saturated carbocycles. The molecule has 1 aromatic heterocycles. The normalized spacial score (nSPS) is 14.6. The van der Waals surface area contributed by atoms with E-state index in [1.807, 2.05) is 0 Å². The lowest BCUT2D eigenvalue weighted by Crippen LogP contribution is -2.66. The maximum absolute atomic E-state index is 13.0. The Hall–Kier alpha value is -1.94. The van der Waals surface area contributed by atoms with Gasteiger partial charge in [-0.15, -0.1) is 0 Å². The number of fused-ring (bicyclic) bond motifs is 1. The van der Waals surface area contributed by atoms with E-state index in [-0.39, 0.29) is 6.33 Å². The summed E-state index contributed by atoms with van der Waals surface area (Å²) in [4.78, 5) is 3.19. The van der Waals surface area contributed by atoms with Crippen LogP contribution in [0.2, 0.25) is 0 Å². The fourth-order valence-corrected chi connectivity index (χ4v) is 2.12. The number of hydrogen-bond donors (Lipinski definition) is 0. The van der Waals surface area contributed by atoms with Gasteiger partial charge in [-0.25, -0.2) is 4.98 Å². The Morgan fingerprint density at radius 3 is 1.64 bits per heavy atom. The number of nitrogens with zero attached hydrogens (tertiary/aromatic N) is 2. The number of aromatic nitrogens is 2. The van der Waals surface area contributed by atoms with E-state index in [2.05, 4.69) is 4.98 Å². The molecule has 0 aliphatic heterocycles. The summed E-state index contributed by atoms with van der Waals surface area (Å²) in [7, 11) is 0. The standard InChI is InChI=1S/C11H5F9N2/c12-9(13,14)8(10(15,16)17,11(18,19)20)22-5-21-6-3-1-2-4-7(6)22/h1-5H. The van der Waals surface area contributed by atoms with Crippen molar-refractivity contribution in [1.29, 1.82) is 0 Å². The highest BCUT2D eigenvalue weighted by Gasteiger charge is 2.85. The highest BCUT2D eigenvalue weighted by atomic mass is 19.4. The molecule has 2 rings (SSSR count). The first-order valence-corrected chi connectivity index (χ1v) is 5.47. The third-order valence-electron chi connectivity index (χ3n) is 3.05. The lowest BCUT2D eigenvalue weighted by molar-refractivity contribution is -0.412. The zero-order chi connectivity index (χ0) is 17.0. The van der Waals surface area contributed by atoms with Crippen molar-refractivity contribution in [3.63, 3.8) is 0 Å². The smallest absolute Gasteiger partial charge is 0.300 e. The minimum Gasteiger partial charge on any atom is -0.300 e. The van der Waals surface area contributed by atoms with Crippen molar-refractivity contribution in [3.8, 4) is 0 Å². The minimum absolute atomic E-state index is 0.112. The molecule has 0 atom stereocenters. The van der Waals surface area contributed by atoms with E-state index in [0.29, 0.717) is 6.07 Å². The number of alkyl halides is 9. The van der Waals surface area contributed by atoms with Gasteiger partial charge >= 0.3 is 24.1 Å². The Morgan fingerprint density at radius 1 is 0.727 bits per heavy atom. The van der Waals surface area contributed by atoms with Crippen LogP contribution in [-0.2, 0) is 5.54 Å². The molecule has 0 unspecified atom stereocenters. The van der Waals surface area contributed by atoms with Gasteiger partial charge in [-0.1, -0.05) is 12.1 Å². The van der Waals surface area contributed by atoms with Crippen LogP contribution in [0.1, 0.15) is 0 Å². The maximum atomic E-state index is 13.0. The number of rotatable bonds is 1. The van der Waals surface area contributed by atoms with Crippen LogP contribution in [0.4, 0.5) is 39.5 Å². The molecular weight excluding hydrogens is 331 g/mol. The van der Waals surface area contributed by atoms with E-state index in [1.165, 1.54) is 6.07 Å². The second kappa shape index (κ2) is 4.53. The van der Waals surface area contributed by atoms with Crippen molar-refractivity contribution in [2.45, 2.75) is 24.1 Å². The molecule has 2 nitrogen and oxygen atoms in total. The van der Waals surface area contributed by atoms with Crippen LogP contribution in [0.3, 0.4) is 0 Å². The van der Waals surface area contributed by atoms with E-state index >= 15 is 0 Å². The van der Waals surface area contributed by atoms with Crippen molar-refractivity contribution in [1.82, 2.24) is 9.55 Å². The van der Waals surface area contributed by atoms with Crippen LogP contribution in [-0.4, -0.2) is 28.1 Å². The summed E-state index contributed by atoms with van der Waals surface area (Å²) in [6, 6.07) is 3.92. The van der Waals surface area contributed by atoms with Crippen molar-refractivity contribution in [2.24, 2.45) is 0 Å². The molecule has 0 aliphatic rings. The van der Waals surface area contributed by atoms with Gasteiger partial charge in [-0.05, 0) is 12.1 Å². The summed E-state index contributed by atoms with van der Waals surface area (Å²) in [5.74, 6) is 0. The monoisotopic (exact) mass is 336 g/mol. The van der Waals surface area contributed by atoms with Crippen LogP contribution in [0.25, 0.3) is 11.0 Å². The first-order chi connectivity index (χ1) is 9.84. The molecule has 122 valence electrons. The summed E-state index contributed by atoms with van der Waals surface area (Å²) in [5.41, 5.74) is -7.44. The summed E-state index contributed by atoms with van der Waals surface area (Å²) >= 11 is 0. The molecule has 2 aromatic rings. The van der Waals surface area contributed by atoms with Gasteiger partial charge in [0.2, 0.25) is 0 Å². The molecule has 0 amide bonds. The largest absolute Gasteiger partial charge is 0.430 e. The highest BCUT2D eigenvalue weighted by Crippen LogP contribution is 2.58. The number of imidazole rings is 1. The van der Waals surface area contributed by atoms with E-state index in [4.69, 9.17) is 0 Å². The lowest BCUT2D eigenvalue weighted by Gasteiger charge is -2.39. The first kappa shape index (κ1) is 16.4. The van der Waals surface area contributed by atoms with Gasteiger partial charge in [0.25, 0.3) is 0 Å². The summed E-state index contributed by atoms with van der Waals surface area (Å²) < 4.78 is 116. The third kappa shape index (κ3) is 2.02. The van der Waals surface area contributed by atoms with Gasteiger partial charge in [0.1, 0.15) is 0 Å². The van der Waals surface area contributed by atoms with Gasteiger partial charge in [-0.3, -0.25) is 4.57 Å². The second-order valence-electron chi connectivity index (χ2n) is 4.31. The molecule has 0 aliphatic carbocycles. The predicted molar refractivity (Wildman–Crippen MR) is 55.9 cm³/mol. The Morgan fingerprint density at radius 2 is 1.18 bits per heavy atom. The number of halogens is 9. The summed E-state index contributed by atoms with van der Waals surface area (Å²) in [6.07, 6.45) is -20.1.